The van der Waals surface area contributed by atoms with Gasteiger partial charge in [0.05, 0.1) is 0 Å². The Labute approximate surface area is 151 Å². The number of amides is 1. The molecule has 0 unspecified atom stereocenters. The highest BCUT2D eigenvalue weighted by Crippen LogP contribution is 2.31. The minimum Gasteiger partial charge on any atom is -0.347 e. The summed E-state index contributed by atoms with van der Waals surface area (Å²) in [6.45, 7) is 1.31. The Bertz CT molecular complexity index is 896. The molecule has 0 radical (unpaired) electrons. The van der Waals surface area contributed by atoms with Crippen molar-refractivity contribution in [1.82, 2.24) is 20.5 Å². The second-order valence-electron chi connectivity index (χ2n) is 6.20. The molecule has 6 heteroatoms. The molecule has 26 heavy (non-hydrogen) atoms. The first-order chi connectivity index (χ1) is 12.8. The van der Waals surface area contributed by atoms with Gasteiger partial charge >= 0.3 is 0 Å². The fourth-order valence-electron chi connectivity index (χ4n) is 3.14. The highest BCUT2D eigenvalue weighted by atomic mass is 16.1. The van der Waals surface area contributed by atoms with E-state index >= 15 is 0 Å². The number of anilines is 2. The SMILES string of the molecule is O=C(NCc1cccnc1)c1ccc(N2CCCc3ccccc32)nn1. The van der Waals surface area contributed by atoms with Crippen LogP contribution in [0.1, 0.15) is 28.0 Å². The molecule has 2 aromatic heterocycles. The molecule has 130 valence electrons. The van der Waals surface area contributed by atoms with Crippen LogP contribution in [0.4, 0.5) is 11.5 Å². The predicted octanol–water partition coefficient (Wildman–Crippen LogP) is 2.89. The Morgan fingerprint density at radius 2 is 2.00 bits per heavy atom. The molecular weight excluding hydrogens is 326 g/mol. The van der Waals surface area contributed by atoms with E-state index in [1.54, 1.807) is 18.5 Å². The molecule has 0 aliphatic carbocycles. The molecule has 1 aliphatic rings. The molecule has 0 atom stereocenters. The summed E-state index contributed by atoms with van der Waals surface area (Å²) in [6, 6.07) is 15.7. The molecule has 0 saturated carbocycles. The largest absolute Gasteiger partial charge is 0.347 e. The summed E-state index contributed by atoms with van der Waals surface area (Å²) in [5.74, 6) is 0.521. The van der Waals surface area contributed by atoms with Gasteiger partial charge in [-0.25, -0.2) is 0 Å². The zero-order valence-electron chi connectivity index (χ0n) is 14.3. The molecule has 4 rings (SSSR count). The number of rotatable bonds is 4. The van der Waals surface area contributed by atoms with Gasteiger partial charge in [0.2, 0.25) is 0 Å². The minimum absolute atomic E-state index is 0.244. The molecular formula is C20H19N5O. The Hall–Kier alpha value is -3.28. The van der Waals surface area contributed by atoms with Crippen LogP contribution >= 0.6 is 0 Å². The third-order valence-electron chi connectivity index (χ3n) is 4.45. The van der Waals surface area contributed by atoms with Crippen molar-refractivity contribution in [2.24, 2.45) is 0 Å². The zero-order valence-corrected chi connectivity index (χ0v) is 14.3. The average Bonchev–Trinajstić information content (AvgIpc) is 2.72. The summed E-state index contributed by atoms with van der Waals surface area (Å²) < 4.78 is 0. The maximum absolute atomic E-state index is 12.3. The first-order valence-corrected chi connectivity index (χ1v) is 8.67. The minimum atomic E-state index is -0.244. The zero-order chi connectivity index (χ0) is 17.8. The lowest BCUT2D eigenvalue weighted by Crippen LogP contribution is -2.27. The van der Waals surface area contributed by atoms with E-state index in [9.17, 15) is 4.79 Å². The van der Waals surface area contributed by atoms with Crippen molar-refractivity contribution in [3.63, 3.8) is 0 Å². The molecule has 3 heterocycles. The number of aromatic nitrogens is 3. The molecule has 6 nitrogen and oxygen atoms in total. The van der Waals surface area contributed by atoms with Gasteiger partial charge in [-0.05, 0) is 48.2 Å². The van der Waals surface area contributed by atoms with E-state index in [1.807, 2.05) is 24.3 Å². The molecule has 0 spiro atoms. The standard InChI is InChI=1S/C20H19N5O/c26-20(22-14-15-5-3-11-21-13-15)17-9-10-19(24-23-17)25-12-4-7-16-6-1-2-8-18(16)25/h1-3,5-6,8-11,13H,4,7,12,14H2,(H,22,26). The summed E-state index contributed by atoms with van der Waals surface area (Å²) in [6.07, 6.45) is 5.58. The monoisotopic (exact) mass is 345 g/mol. The van der Waals surface area contributed by atoms with Crippen LogP contribution in [-0.4, -0.2) is 27.6 Å². The van der Waals surface area contributed by atoms with Crippen LogP contribution in [0.5, 0.6) is 0 Å². The average molecular weight is 345 g/mol. The smallest absolute Gasteiger partial charge is 0.272 e. The van der Waals surface area contributed by atoms with Gasteiger partial charge in [-0.1, -0.05) is 24.3 Å². The number of hydrogen-bond donors (Lipinski definition) is 1. The van der Waals surface area contributed by atoms with E-state index in [0.29, 0.717) is 12.2 Å². The van der Waals surface area contributed by atoms with E-state index in [2.05, 4.69) is 43.6 Å². The first kappa shape index (κ1) is 16.2. The number of hydrogen-bond acceptors (Lipinski definition) is 5. The highest BCUT2D eigenvalue weighted by molar-refractivity contribution is 5.92. The summed E-state index contributed by atoms with van der Waals surface area (Å²) in [7, 11) is 0. The lowest BCUT2D eigenvalue weighted by atomic mass is 10.0. The van der Waals surface area contributed by atoms with Crippen LogP contribution < -0.4 is 10.2 Å². The Morgan fingerprint density at radius 3 is 2.81 bits per heavy atom. The second kappa shape index (κ2) is 7.31. The van der Waals surface area contributed by atoms with Crippen LogP contribution in [0, 0.1) is 0 Å². The number of carbonyl (C=O) groups excluding carboxylic acids is 1. The topological polar surface area (TPSA) is 71.0 Å². The van der Waals surface area contributed by atoms with Crippen molar-refractivity contribution in [3.8, 4) is 0 Å². The molecule has 0 bridgehead atoms. The number of nitrogens with one attached hydrogen (secondary N) is 1. The van der Waals surface area contributed by atoms with Crippen LogP contribution in [0.25, 0.3) is 0 Å². The van der Waals surface area contributed by atoms with Gasteiger partial charge in [0.15, 0.2) is 11.5 Å². The summed E-state index contributed by atoms with van der Waals surface area (Å²) in [4.78, 5) is 18.4. The molecule has 1 aliphatic heterocycles. The highest BCUT2D eigenvalue weighted by Gasteiger charge is 2.19. The molecule has 1 aromatic carbocycles. The number of benzene rings is 1. The van der Waals surface area contributed by atoms with Gasteiger partial charge in [-0.2, -0.15) is 0 Å². The first-order valence-electron chi connectivity index (χ1n) is 8.67. The summed E-state index contributed by atoms with van der Waals surface area (Å²) in [5.41, 5.74) is 3.74. The quantitative estimate of drug-likeness (QED) is 0.787. The Morgan fingerprint density at radius 1 is 1.08 bits per heavy atom. The van der Waals surface area contributed by atoms with Gasteiger partial charge < -0.3 is 10.2 Å². The lowest BCUT2D eigenvalue weighted by molar-refractivity contribution is 0.0945. The Kier molecular flexibility index (Phi) is 4.55. The van der Waals surface area contributed by atoms with Gasteiger partial charge in [-0.3, -0.25) is 9.78 Å². The molecule has 1 N–H and O–H groups in total. The van der Waals surface area contributed by atoms with Gasteiger partial charge in [0, 0.05) is 31.2 Å². The normalized spacial score (nSPS) is 13.2. The van der Waals surface area contributed by atoms with Gasteiger partial charge in [0.25, 0.3) is 5.91 Å². The van der Waals surface area contributed by atoms with Crippen molar-refractivity contribution in [3.05, 3.63) is 77.7 Å². The number of carbonyl (C=O) groups is 1. The van der Waals surface area contributed by atoms with Crippen molar-refractivity contribution in [1.29, 1.82) is 0 Å². The van der Waals surface area contributed by atoms with Gasteiger partial charge in [-0.15, -0.1) is 10.2 Å². The number of aryl methyl sites for hydroxylation is 1. The van der Waals surface area contributed by atoms with Crippen molar-refractivity contribution in [2.75, 3.05) is 11.4 Å². The molecule has 0 saturated heterocycles. The van der Waals surface area contributed by atoms with Crippen LogP contribution in [0.3, 0.4) is 0 Å². The van der Waals surface area contributed by atoms with Crippen molar-refractivity contribution in [2.45, 2.75) is 19.4 Å². The number of pyridine rings is 1. The van der Waals surface area contributed by atoms with E-state index < -0.39 is 0 Å². The molecule has 1 amide bonds. The van der Waals surface area contributed by atoms with E-state index in [-0.39, 0.29) is 5.91 Å². The third kappa shape index (κ3) is 3.39. The number of fused-ring (bicyclic) bond motifs is 1. The van der Waals surface area contributed by atoms with Crippen LogP contribution in [0.2, 0.25) is 0 Å². The Balaban J connectivity index is 1.46. The van der Waals surface area contributed by atoms with Crippen molar-refractivity contribution < 1.29 is 4.79 Å². The fourth-order valence-corrected chi connectivity index (χ4v) is 3.14. The summed E-state index contributed by atoms with van der Waals surface area (Å²) >= 11 is 0. The second-order valence-corrected chi connectivity index (χ2v) is 6.20. The number of para-hydroxylation sites is 1. The molecule has 0 fully saturated rings. The summed E-state index contributed by atoms with van der Waals surface area (Å²) in [5, 5.41) is 11.2. The number of nitrogens with zero attached hydrogens (tertiary/aromatic N) is 4. The lowest BCUT2D eigenvalue weighted by Gasteiger charge is -2.29. The van der Waals surface area contributed by atoms with E-state index in [0.717, 1.165) is 30.8 Å². The van der Waals surface area contributed by atoms with Crippen LogP contribution in [-0.2, 0) is 13.0 Å². The van der Waals surface area contributed by atoms with E-state index in [1.165, 1.54) is 11.3 Å². The van der Waals surface area contributed by atoms with E-state index in [4.69, 9.17) is 0 Å². The maximum atomic E-state index is 12.3. The fraction of sp³-hybridized carbons (Fsp3) is 0.200. The molecule has 3 aromatic rings. The van der Waals surface area contributed by atoms with Crippen molar-refractivity contribution >= 4 is 17.4 Å². The maximum Gasteiger partial charge on any atom is 0.272 e. The third-order valence-corrected chi connectivity index (χ3v) is 4.45. The predicted molar refractivity (Wildman–Crippen MR) is 99.2 cm³/mol. The van der Waals surface area contributed by atoms with Crippen LogP contribution in [0.15, 0.2) is 60.9 Å². The van der Waals surface area contributed by atoms with Gasteiger partial charge in [0.1, 0.15) is 0 Å².